The van der Waals surface area contributed by atoms with Gasteiger partial charge in [0.15, 0.2) is 5.58 Å². The van der Waals surface area contributed by atoms with Crippen molar-refractivity contribution in [1.82, 2.24) is 9.97 Å². The van der Waals surface area contributed by atoms with Crippen molar-refractivity contribution in [3.63, 3.8) is 0 Å². The van der Waals surface area contributed by atoms with Crippen LogP contribution >= 0.6 is 0 Å². The first-order valence-electron chi connectivity index (χ1n) is 8.84. The molecular formula is C22H15N3O3. The Bertz CT molecular complexity index is 1200. The highest BCUT2D eigenvalue weighted by atomic mass is 16.3. The number of imide groups is 1. The van der Waals surface area contributed by atoms with Gasteiger partial charge in [-0.1, -0.05) is 0 Å². The average Bonchev–Trinajstić information content (AvgIpc) is 3.22. The van der Waals surface area contributed by atoms with E-state index in [1.807, 2.05) is 26.0 Å². The number of aromatic nitrogens is 2. The minimum absolute atomic E-state index is 0.321. The van der Waals surface area contributed by atoms with Gasteiger partial charge in [0, 0.05) is 18.0 Å². The van der Waals surface area contributed by atoms with E-state index in [1.54, 1.807) is 30.3 Å². The van der Waals surface area contributed by atoms with E-state index in [-0.39, 0.29) is 11.8 Å². The molecule has 28 heavy (non-hydrogen) atoms. The van der Waals surface area contributed by atoms with Crippen molar-refractivity contribution in [2.45, 2.75) is 13.8 Å². The Morgan fingerprint density at radius 3 is 2.36 bits per heavy atom. The number of oxazole rings is 1. The second kappa shape index (κ2) is 5.85. The Balaban J connectivity index is 1.50. The number of nitrogens with zero attached hydrogens (tertiary/aromatic N) is 3. The molecule has 0 fully saturated rings. The molecule has 5 rings (SSSR count). The predicted octanol–water partition coefficient (Wildman–Crippen LogP) is 4.31. The Morgan fingerprint density at radius 2 is 1.61 bits per heavy atom. The van der Waals surface area contributed by atoms with E-state index < -0.39 is 0 Å². The Labute approximate surface area is 160 Å². The molecule has 6 nitrogen and oxygen atoms in total. The Hall–Kier alpha value is -3.80. The highest BCUT2D eigenvalue weighted by molar-refractivity contribution is 6.34. The fraction of sp³-hybridized carbons (Fsp3) is 0.0909. The molecule has 2 amide bonds. The lowest BCUT2D eigenvalue weighted by molar-refractivity contribution is 0.0926. The number of amides is 2. The summed E-state index contributed by atoms with van der Waals surface area (Å²) in [5, 5.41) is 0. The van der Waals surface area contributed by atoms with Crippen LogP contribution in [0, 0.1) is 13.8 Å². The van der Waals surface area contributed by atoms with Gasteiger partial charge < -0.3 is 4.42 Å². The molecule has 0 radical (unpaired) electrons. The molecule has 1 aliphatic rings. The number of aryl methyl sites for hydroxylation is 2. The molecular weight excluding hydrogens is 354 g/mol. The third-order valence-corrected chi connectivity index (χ3v) is 5.06. The van der Waals surface area contributed by atoms with Gasteiger partial charge in [-0.05, 0) is 67.4 Å². The molecule has 2 aromatic carbocycles. The maximum absolute atomic E-state index is 12.6. The maximum atomic E-state index is 12.6. The summed E-state index contributed by atoms with van der Waals surface area (Å²) in [7, 11) is 0. The number of pyridine rings is 1. The molecule has 0 bridgehead atoms. The SMILES string of the molecule is Cc1cc2nc(-c3ccc(N4C(=O)c5ccncc5C4=O)cc3)oc2cc1C. The molecule has 136 valence electrons. The number of benzene rings is 2. The van der Waals surface area contributed by atoms with Crippen LogP contribution in [0.4, 0.5) is 5.69 Å². The van der Waals surface area contributed by atoms with Crippen LogP contribution in [-0.2, 0) is 0 Å². The van der Waals surface area contributed by atoms with E-state index in [9.17, 15) is 9.59 Å². The number of carbonyl (C=O) groups is 2. The zero-order chi connectivity index (χ0) is 19.4. The largest absolute Gasteiger partial charge is 0.436 e. The summed E-state index contributed by atoms with van der Waals surface area (Å²) >= 11 is 0. The second-order valence-corrected chi connectivity index (χ2v) is 6.84. The average molecular weight is 369 g/mol. The molecule has 0 saturated heterocycles. The quantitative estimate of drug-likeness (QED) is 0.492. The molecule has 3 heterocycles. The number of fused-ring (bicyclic) bond motifs is 2. The van der Waals surface area contributed by atoms with E-state index in [4.69, 9.17) is 4.42 Å². The first kappa shape index (κ1) is 16.4. The summed E-state index contributed by atoms with van der Waals surface area (Å²) < 4.78 is 5.88. The van der Waals surface area contributed by atoms with Gasteiger partial charge in [-0.3, -0.25) is 14.6 Å². The first-order chi connectivity index (χ1) is 13.5. The van der Waals surface area contributed by atoms with E-state index in [2.05, 4.69) is 9.97 Å². The lowest BCUT2D eigenvalue weighted by atomic mass is 10.1. The van der Waals surface area contributed by atoms with Crippen molar-refractivity contribution < 1.29 is 14.0 Å². The normalized spacial score (nSPS) is 13.4. The van der Waals surface area contributed by atoms with Crippen molar-refractivity contribution in [3.05, 3.63) is 77.1 Å². The fourth-order valence-corrected chi connectivity index (χ4v) is 3.38. The number of hydrogen-bond donors (Lipinski definition) is 0. The highest BCUT2D eigenvalue weighted by Crippen LogP contribution is 2.31. The molecule has 4 aromatic rings. The molecule has 0 unspecified atom stereocenters. The van der Waals surface area contributed by atoms with Crippen LogP contribution in [0.3, 0.4) is 0 Å². The molecule has 1 aliphatic heterocycles. The van der Waals surface area contributed by atoms with Crippen molar-refractivity contribution >= 4 is 28.6 Å². The van der Waals surface area contributed by atoms with Crippen LogP contribution in [0.25, 0.3) is 22.6 Å². The summed E-state index contributed by atoms with van der Waals surface area (Å²) in [5.41, 5.74) is 5.79. The minimum Gasteiger partial charge on any atom is -0.436 e. The van der Waals surface area contributed by atoms with E-state index in [0.29, 0.717) is 22.7 Å². The van der Waals surface area contributed by atoms with Gasteiger partial charge in [0.05, 0.1) is 16.8 Å². The summed E-state index contributed by atoms with van der Waals surface area (Å²) in [6, 6.07) is 12.6. The van der Waals surface area contributed by atoms with Gasteiger partial charge in [-0.2, -0.15) is 0 Å². The number of carbonyl (C=O) groups excluding carboxylic acids is 2. The molecule has 0 spiro atoms. The molecule has 0 atom stereocenters. The van der Waals surface area contributed by atoms with E-state index in [1.165, 1.54) is 12.4 Å². The predicted molar refractivity (Wildman–Crippen MR) is 104 cm³/mol. The fourth-order valence-electron chi connectivity index (χ4n) is 3.38. The first-order valence-corrected chi connectivity index (χ1v) is 8.84. The van der Waals surface area contributed by atoms with Crippen LogP contribution in [0.5, 0.6) is 0 Å². The van der Waals surface area contributed by atoms with Crippen LogP contribution in [0.1, 0.15) is 31.8 Å². The maximum Gasteiger partial charge on any atom is 0.267 e. The van der Waals surface area contributed by atoms with Crippen molar-refractivity contribution in [2.24, 2.45) is 0 Å². The molecule has 2 aromatic heterocycles. The van der Waals surface area contributed by atoms with E-state index >= 15 is 0 Å². The van der Waals surface area contributed by atoms with Crippen LogP contribution < -0.4 is 4.90 Å². The van der Waals surface area contributed by atoms with Crippen LogP contribution in [-0.4, -0.2) is 21.8 Å². The zero-order valence-electron chi connectivity index (χ0n) is 15.3. The topological polar surface area (TPSA) is 76.3 Å². The molecule has 6 heteroatoms. The lowest BCUT2D eigenvalue weighted by Crippen LogP contribution is -2.29. The third-order valence-electron chi connectivity index (χ3n) is 5.06. The minimum atomic E-state index is -0.367. The summed E-state index contributed by atoms with van der Waals surface area (Å²) in [6.45, 7) is 4.07. The van der Waals surface area contributed by atoms with E-state index in [0.717, 1.165) is 32.7 Å². The lowest BCUT2D eigenvalue weighted by Gasteiger charge is -2.13. The van der Waals surface area contributed by atoms with Gasteiger partial charge in [-0.15, -0.1) is 0 Å². The Morgan fingerprint density at radius 1 is 0.893 bits per heavy atom. The van der Waals surface area contributed by atoms with Crippen molar-refractivity contribution in [1.29, 1.82) is 0 Å². The van der Waals surface area contributed by atoms with Crippen molar-refractivity contribution in [3.8, 4) is 11.5 Å². The highest BCUT2D eigenvalue weighted by Gasteiger charge is 2.36. The number of anilines is 1. The monoisotopic (exact) mass is 369 g/mol. The van der Waals surface area contributed by atoms with Gasteiger partial charge in [0.25, 0.3) is 11.8 Å². The molecule has 0 saturated carbocycles. The number of hydrogen-bond acceptors (Lipinski definition) is 5. The summed E-state index contributed by atoms with van der Waals surface area (Å²) in [5.74, 6) is -0.213. The van der Waals surface area contributed by atoms with Crippen molar-refractivity contribution in [2.75, 3.05) is 4.90 Å². The second-order valence-electron chi connectivity index (χ2n) is 6.84. The smallest absolute Gasteiger partial charge is 0.267 e. The van der Waals surface area contributed by atoms with Crippen LogP contribution in [0.15, 0.2) is 59.3 Å². The Kier molecular flexibility index (Phi) is 3.42. The van der Waals surface area contributed by atoms with Gasteiger partial charge in [-0.25, -0.2) is 9.88 Å². The summed E-state index contributed by atoms with van der Waals surface area (Å²) in [6.07, 6.45) is 2.93. The van der Waals surface area contributed by atoms with Gasteiger partial charge in [0.1, 0.15) is 5.52 Å². The van der Waals surface area contributed by atoms with Gasteiger partial charge in [0.2, 0.25) is 5.89 Å². The number of rotatable bonds is 2. The zero-order valence-corrected chi connectivity index (χ0v) is 15.3. The van der Waals surface area contributed by atoms with Gasteiger partial charge >= 0.3 is 0 Å². The third kappa shape index (κ3) is 2.35. The molecule has 0 aliphatic carbocycles. The van der Waals surface area contributed by atoms with Crippen LogP contribution in [0.2, 0.25) is 0 Å². The standard InChI is InChI=1S/C22H15N3O3/c1-12-9-18-19(10-13(12)2)28-20(24-18)14-3-5-15(6-4-14)25-21(26)16-7-8-23-11-17(16)22(25)27/h3-11H,1-2H3. The molecule has 0 N–H and O–H groups in total. The summed E-state index contributed by atoms with van der Waals surface area (Å²) in [4.78, 5) is 34.8.